The van der Waals surface area contributed by atoms with Gasteiger partial charge in [-0.15, -0.1) is 0 Å². The number of nitrogens with zero attached hydrogens (tertiary/aromatic N) is 2. The molecule has 3 nitrogen and oxygen atoms in total. The van der Waals surface area contributed by atoms with Gasteiger partial charge in [0.05, 0.1) is 5.69 Å². The lowest BCUT2D eigenvalue weighted by molar-refractivity contribution is 0.0980. The molecular weight excluding hydrogens is 236 g/mol. The number of carbonyl (C=O) groups is 1. The number of hydrogen-bond donors (Lipinski definition) is 0. The number of Topliss-reactive ketones (excluding diaryl/α,β-unsaturated/α-hetero) is 1. The molecule has 0 saturated carbocycles. The molecule has 1 aromatic heterocycles. The van der Waals surface area contributed by atoms with E-state index < -0.39 is 0 Å². The quantitative estimate of drug-likeness (QED) is 0.739. The first-order chi connectivity index (χ1) is 9.16. The number of hydrogen-bond acceptors (Lipinski definition) is 2. The largest absolute Gasteiger partial charge is 0.294 e. The second kappa shape index (κ2) is 6.32. The van der Waals surface area contributed by atoms with Crippen molar-refractivity contribution in [1.82, 2.24) is 9.78 Å². The van der Waals surface area contributed by atoms with Gasteiger partial charge >= 0.3 is 0 Å². The van der Waals surface area contributed by atoms with E-state index in [1.165, 1.54) is 0 Å². The molecule has 0 amide bonds. The van der Waals surface area contributed by atoms with E-state index in [4.69, 9.17) is 0 Å². The van der Waals surface area contributed by atoms with Crippen molar-refractivity contribution in [2.75, 3.05) is 0 Å². The summed E-state index contributed by atoms with van der Waals surface area (Å²) >= 11 is 0. The predicted molar refractivity (Wildman–Crippen MR) is 76.3 cm³/mol. The van der Waals surface area contributed by atoms with Gasteiger partial charge in [-0.1, -0.05) is 30.3 Å². The second-order valence-corrected chi connectivity index (χ2v) is 5.02. The van der Waals surface area contributed by atoms with E-state index >= 15 is 0 Å². The average Bonchev–Trinajstić information content (AvgIpc) is 2.89. The minimum atomic E-state index is 0.212. The molecule has 100 valence electrons. The first-order valence-electron chi connectivity index (χ1n) is 6.79. The van der Waals surface area contributed by atoms with Gasteiger partial charge in [-0.05, 0) is 32.8 Å². The highest BCUT2D eigenvalue weighted by Crippen LogP contribution is 2.10. The predicted octanol–water partition coefficient (Wildman–Crippen LogP) is 3.67. The second-order valence-electron chi connectivity index (χ2n) is 5.02. The van der Waals surface area contributed by atoms with Gasteiger partial charge in [0.1, 0.15) is 0 Å². The Bertz CT molecular complexity index is 529. The molecule has 1 aromatic carbocycles. The molecule has 0 atom stereocenters. The van der Waals surface area contributed by atoms with Crippen molar-refractivity contribution in [3.63, 3.8) is 0 Å². The highest BCUT2D eigenvalue weighted by atomic mass is 16.1. The molecule has 0 aliphatic heterocycles. The van der Waals surface area contributed by atoms with Crippen LogP contribution in [-0.2, 0) is 6.42 Å². The topological polar surface area (TPSA) is 34.9 Å². The SMILES string of the molecule is CC(C)n1ccc(CCCC(=O)c2ccccc2)n1. The molecule has 0 spiro atoms. The van der Waals surface area contributed by atoms with Crippen LogP contribution in [0.25, 0.3) is 0 Å². The van der Waals surface area contributed by atoms with Crippen LogP contribution in [0.5, 0.6) is 0 Å². The Morgan fingerprint density at radius 2 is 1.95 bits per heavy atom. The molecule has 0 N–H and O–H groups in total. The van der Waals surface area contributed by atoms with Crippen LogP contribution in [0.1, 0.15) is 48.8 Å². The van der Waals surface area contributed by atoms with Crippen molar-refractivity contribution in [2.45, 2.75) is 39.2 Å². The Morgan fingerprint density at radius 1 is 1.21 bits per heavy atom. The van der Waals surface area contributed by atoms with Crippen LogP contribution >= 0.6 is 0 Å². The van der Waals surface area contributed by atoms with Crippen molar-refractivity contribution >= 4 is 5.78 Å². The summed E-state index contributed by atoms with van der Waals surface area (Å²) in [5, 5.41) is 4.48. The molecule has 0 radical (unpaired) electrons. The summed E-state index contributed by atoms with van der Waals surface area (Å²) in [6, 6.07) is 11.9. The van der Waals surface area contributed by atoms with Gasteiger partial charge in [0.15, 0.2) is 5.78 Å². The van der Waals surface area contributed by atoms with E-state index in [2.05, 4.69) is 18.9 Å². The number of aryl methyl sites for hydroxylation is 1. The Morgan fingerprint density at radius 3 is 2.58 bits per heavy atom. The molecular formula is C16H20N2O. The van der Waals surface area contributed by atoms with Crippen LogP contribution < -0.4 is 0 Å². The number of ketones is 1. The van der Waals surface area contributed by atoms with Crippen molar-refractivity contribution in [2.24, 2.45) is 0 Å². The van der Waals surface area contributed by atoms with E-state index in [0.717, 1.165) is 24.1 Å². The molecule has 1 heterocycles. The summed E-state index contributed by atoms with van der Waals surface area (Å²) in [6.45, 7) is 4.21. The lowest BCUT2D eigenvalue weighted by atomic mass is 10.1. The van der Waals surface area contributed by atoms with Crippen LogP contribution in [0.3, 0.4) is 0 Å². The molecule has 0 aliphatic rings. The molecule has 3 heteroatoms. The Hall–Kier alpha value is -1.90. The molecule has 0 fully saturated rings. The third-order valence-corrected chi connectivity index (χ3v) is 3.13. The van der Waals surface area contributed by atoms with Gasteiger partial charge < -0.3 is 0 Å². The molecule has 2 aromatic rings. The third kappa shape index (κ3) is 3.78. The van der Waals surface area contributed by atoms with Crippen molar-refractivity contribution in [1.29, 1.82) is 0 Å². The zero-order valence-corrected chi connectivity index (χ0v) is 11.5. The molecule has 0 unspecified atom stereocenters. The summed E-state index contributed by atoms with van der Waals surface area (Å²) < 4.78 is 1.95. The van der Waals surface area contributed by atoms with Crippen LogP contribution in [0.2, 0.25) is 0 Å². The zero-order valence-electron chi connectivity index (χ0n) is 11.5. The minimum Gasteiger partial charge on any atom is -0.294 e. The molecule has 2 rings (SSSR count). The van der Waals surface area contributed by atoms with Crippen LogP contribution in [0.4, 0.5) is 0 Å². The lowest BCUT2D eigenvalue weighted by Gasteiger charge is -2.03. The van der Waals surface area contributed by atoms with E-state index in [1.807, 2.05) is 47.3 Å². The third-order valence-electron chi connectivity index (χ3n) is 3.13. The summed E-state index contributed by atoms with van der Waals surface area (Å²) in [5.74, 6) is 0.212. The Kier molecular flexibility index (Phi) is 4.50. The van der Waals surface area contributed by atoms with E-state index in [-0.39, 0.29) is 5.78 Å². The maximum atomic E-state index is 11.9. The highest BCUT2D eigenvalue weighted by Gasteiger charge is 2.06. The van der Waals surface area contributed by atoms with Gasteiger partial charge in [-0.2, -0.15) is 5.10 Å². The molecule has 19 heavy (non-hydrogen) atoms. The van der Waals surface area contributed by atoms with Crippen molar-refractivity contribution in [3.8, 4) is 0 Å². The standard InChI is InChI=1S/C16H20N2O/c1-13(2)18-12-11-15(17-18)9-6-10-16(19)14-7-4-3-5-8-14/h3-5,7-8,11-13H,6,9-10H2,1-2H3. The van der Waals surface area contributed by atoms with Crippen molar-refractivity contribution in [3.05, 3.63) is 53.9 Å². The molecule has 0 saturated heterocycles. The smallest absolute Gasteiger partial charge is 0.162 e. The normalized spacial score (nSPS) is 10.9. The fourth-order valence-corrected chi connectivity index (χ4v) is 2.00. The summed E-state index contributed by atoms with van der Waals surface area (Å²) in [7, 11) is 0. The Balaban J connectivity index is 1.81. The monoisotopic (exact) mass is 256 g/mol. The minimum absolute atomic E-state index is 0.212. The number of rotatable bonds is 6. The average molecular weight is 256 g/mol. The van der Waals surface area contributed by atoms with Crippen LogP contribution in [0.15, 0.2) is 42.6 Å². The fourth-order valence-electron chi connectivity index (χ4n) is 2.00. The fraction of sp³-hybridized carbons (Fsp3) is 0.375. The first kappa shape index (κ1) is 13.5. The number of carbonyl (C=O) groups excluding carboxylic acids is 1. The first-order valence-corrected chi connectivity index (χ1v) is 6.79. The molecule has 0 aliphatic carbocycles. The number of benzene rings is 1. The van der Waals surface area contributed by atoms with Gasteiger partial charge in [0.25, 0.3) is 0 Å². The van der Waals surface area contributed by atoms with Gasteiger partial charge in [-0.25, -0.2) is 0 Å². The highest BCUT2D eigenvalue weighted by molar-refractivity contribution is 5.95. The van der Waals surface area contributed by atoms with Gasteiger partial charge in [-0.3, -0.25) is 9.48 Å². The Labute approximate surface area is 114 Å². The maximum absolute atomic E-state index is 11.9. The molecule has 0 bridgehead atoms. The summed E-state index contributed by atoms with van der Waals surface area (Å²) in [4.78, 5) is 11.9. The zero-order chi connectivity index (χ0) is 13.7. The lowest BCUT2D eigenvalue weighted by Crippen LogP contribution is -2.03. The summed E-state index contributed by atoms with van der Waals surface area (Å²) in [6.07, 6.45) is 4.29. The van der Waals surface area contributed by atoms with Crippen LogP contribution in [-0.4, -0.2) is 15.6 Å². The van der Waals surface area contributed by atoms with E-state index in [0.29, 0.717) is 12.5 Å². The van der Waals surface area contributed by atoms with Gasteiger partial charge in [0.2, 0.25) is 0 Å². The van der Waals surface area contributed by atoms with E-state index in [9.17, 15) is 4.79 Å². The summed E-state index contributed by atoms with van der Waals surface area (Å²) in [5.41, 5.74) is 1.87. The van der Waals surface area contributed by atoms with E-state index in [1.54, 1.807) is 0 Å². The van der Waals surface area contributed by atoms with Crippen LogP contribution in [0, 0.1) is 0 Å². The maximum Gasteiger partial charge on any atom is 0.162 e. The van der Waals surface area contributed by atoms with Crippen molar-refractivity contribution < 1.29 is 4.79 Å². The number of aromatic nitrogens is 2. The van der Waals surface area contributed by atoms with Gasteiger partial charge in [0, 0.05) is 24.2 Å².